The summed E-state index contributed by atoms with van der Waals surface area (Å²) >= 11 is 1.56. The summed E-state index contributed by atoms with van der Waals surface area (Å²) in [5.41, 5.74) is 4.94. The van der Waals surface area contributed by atoms with Crippen molar-refractivity contribution in [1.82, 2.24) is 15.6 Å². The number of hydrogen-bond donors (Lipinski definition) is 2. The number of carbonyl (C=O) groups excluding carboxylic acids is 2. The maximum Gasteiger partial charge on any atom is 0.308 e. The summed E-state index contributed by atoms with van der Waals surface area (Å²) in [7, 11) is 0. The molecular weight excluding hydrogens is 352 g/mol. The highest BCUT2D eigenvalue weighted by atomic mass is 32.1. The molecule has 1 amide bonds. The van der Waals surface area contributed by atoms with Crippen LogP contribution in [0.15, 0.2) is 52.9 Å². The van der Waals surface area contributed by atoms with Crippen molar-refractivity contribution in [2.24, 2.45) is 5.10 Å². The van der Waals surface area contributed by atoms with Crippen molar-refractivity contribution in [1.29, 1.82) is 0 Å². The van der Waals surface area contributed by atoms with Gasteiger partial charge in [-0.1, -0.05) is 6.07 Å². The number of thiophene rings is 1. The number of hydrogen-bond acceptors (Lipinski definition) is 6. The van der Waals surface area contributed by atoms with Crippen molar-refractivity contribution in [3.63, 3.8) is 0 Å². The van der Waals surface area contributed by atoms with Crippen LogP contribution in [0.1, 0.15) is 29.9 Å². The highest BCUT2D eigenvalue weighted by Gasteiger charge is 2.11. The maximum atomic E-state index is 12.2. The third-order valence-corrected chi connectivity index (χ3v) is 4.36. The Morgan fingerprint density at radius 3 is 2.62 bits per heavy atom. The lowest BCUT2D eigenvalue weighted by molar-refractivity contribution is -0.131. The van der Waals surface area contributed by atoms with Gasteiger partial charge < -0.3 is 4.74 Å². The summed E-state index contributed by atoms with van der Waals surface area (Å²) in [6, 6.07) is 12.4. The molecule has 26 heavy (non-hydrogen) atoms. The summed E-state index contributed by atoms with van der Waals surface area (Å²) in [5.74, 6) is -0.327. The van der Waals surface area contributed by atoms with Gasteiger partial charge in [-0.3, -0.25) is 14.7 Å². The molecule has 0 aliphatic carbocycles. The summed E-state index contributed by atoms with van der Waals surface area (Å²) in [4.78, 5) is 24.1. The summed E-state index contributed by atoms with van der Waals surface area (Å²) in [6.07, 6.45) is 0. The van der Waals surface area contributed by atoms with E-state index in [0.717, 1.165) is 16.1 Å². The van der Waals surface area contributed by atoms with Crippen LogP contribution in [0.4, 0.5) is 0 Å². The average molecular weight is 368 g/mol. The number of rotatable bonds is 5. The van der Waals surface area contributed by atoms with Crippen molar-refractivity contribution in [2.45, 2.75) is 13.8 Å². The lowest BCUT2D eigenvalue weighted by Crippen LogP contribution is -2.19. The molecule has 7 nitrogen and oxygen atoms in total. The van der Waals surface area contributed by atoms with E-state index in [4.69, 9.17) is 4.74 Å². The lowest BCUT2D eigenvalue weighted by Gasteiger charge is -2.04. The molecule has 0 bridgehead atoms. The number of benzene rings is 1. The van der Waals surface area contributed by atoms with Crippen LogP contribution in [0.2, 0.25) is 0 Å². The quantitative estimate of drug-likeness (QED) is 0.313. The van der Waals surface area contributed by atoms with Crippen molar-refractivity contribution >= 4 is 28.9 Å². The Kier molecular flexibility index (Phi) is 5.23. The Hall–Kier alpha value is -3.26. The number of H-pyrrole nitrogens is 1. The third-order valence-electron chi connectivity index (χ3n) is 3.46. The van der Waals surface area contributed by atoms with Gasteiger partial charge in [0.25, 0.3) is 5.91 Å². The molecule has 0 unspecified atom stereocenters. The first-order valence-electron chi connectivity index (χ1n) is 7.75. The predicted molar refractivity (Wildman–Crippen MR) is 99.3 cm³/mol. The van der Waals surface area contributed by atoms with E-state index < -0.39 is 5.91 Å². The largest absolute Gasteiger partial charge is 0.427 e. The van der Waals surface area contributed by atoms with Gasteiger partial charge in [0.2, 0.25) is 0 Å². The third kappa shape index (κ3) is 4.22. The Morgan fingerprint density at radius 1 is 1.19 bits per heavy atom. The molecule has 0 aliphatic heterocycles. The second-order valence-electron chi connectivity index (χ2n) is 5.40. The van der Waals surface area contributed by atoms with E-state index in [2.05, 4.69) is 20.7 Å². The van der Waals surface area contributed by atoms with Crippen molar-refractivity contribution < 1.29 is 14.3 Å². The monoisotopic (exact) mass is 368 g/mol. The van der Waals surface area contributed by atoms with Gasteiger partial charge in [-0.05, 0) is 54.3 Å². The summed E-state index contributed by atoms with van der Waals surface area (Å²) in [5, 5.41) is 12.9. The Bertz CT molecular complexity index is 943. The molecule has 8 heteroatoms. The molecule has 2 heterocycles. The number of amides is 1. The van der Waals surface area contributed by atoms with Gasteiger partial charge in [-0.2, -0.15) is 10.2 Å². The number of nitrogens with one attached hydrogen (secondary N) is 2. The van der Waals surface area contributed by atoms with E-state index in [0.29, 0.717) is 11.5 Å². The molecular formula is C18H16N4O3S. The average Bonchev–Trinajstić information content (AvgIpc) is 3.30. The van der Waals surface area contributed by atoms with Crippen LogP contribution in [0.5, 0.6) is 5.75 Å². The van der Waals surface area contributed by atoms with Gasteiger partial charge in [-0.15, -0.1) is 11.3 Å². The number of aromatic amines is 1. The molecule has 2 N–H and O–H groups in total. The van der Waals surface area contributed by atoms with E-state index in [9.17, 15) is 9.59 Å². The number of hydrazone groups is 1. The Labute approximate surface area is 153 Å². The lowest BCUT2D eigenvalue weighted by atomic mass is 10.1. The SMILES string of the molecule is CC(=O)Oc1ccc(C(C)=NNC(=O)c2cc(-c3cccs3)[nH]n2)cc1. The molecule has 3 rings (SSSR count). The van der Waals surface area contributed by atoms with E-state index >= 15 is 0 Å². The van der Waals surface area contributed by atoms with E-state index in [-0.39, 0.29) is 11.7 Å². The Balaban J connectivity index is 1.65. The fourth-order valence-electron chi connectivity index (χ4n) is 2.18. The van der Waals surface area contributed by atoms with Crippen molar-refractivity contribution in [3.8, 4) is 16.3 Å². The van der Waals surface area contributed by atoms with Crippen LogP contribution in [-0.4, -0.2) is 27.8 Å². The van der Waals surface area contributed by atoms with Gasteiger partial charge in [0.05, 0.1) is 16.3 Å². The summed E-state index contributed by atoms with van der Waals surface area (Å²) < 4.78 is 4.98. The van der Waals surface area contributed by atoms with Gasteiger partial charge in [0.1, 0.15) is 5.75 Å². The molecule has 2 aromatic heterocycles. The molecule has 132 valence electrons. The second kappa shape index (κ2) is 7.75. The summed E-state index contributed by atoms with van der Waals surface area (Å²) in [6.45, 7) is 3.11. The zero-order valence-electron chi connectivity index (χ0n) is 14.1. The minimum atomic E-state index is -0.403. The molecule has 0 atom stereocenters. The smallest absolute Gasteiger partial charge is 0.308 e. The molecule has 0 spiro atoms. The zero-order valence-corrected chi connectivity index (χ0v) is 15.0. The standard InChI is InChI=1S/C18H16N4O3S/c1-11(13-5-7-14(8-6-13)25-12(2)23)19-22-18(24)16-10-15(20-21-16)17-4-3-9-26-17/h3-10H,1-2H3,(H,20,21)(H,22,24). The van der Waals surface area contributed by atoms with Crippen molar-refractivity contribution in [3.05, 3.63) is 59.1 Å². The minimum absolute atomic E-state index is 0.259. The molecule has 0 radical (unpaired) electrons. The fourth-order valence-corrected chi connectivity index (χ4v) is 2.88. The molecule has 3 aromatic rings. The number of esters is 1. The first kappa shape index (κ1) is 17.6. The predicted octanol–water partition coefficient (Wildman–Crippen LogP) is 3.22. The number of aromatic nitrogens is 2. The topological polar surface area (TPSA) is 96.4 Å². The van der Waals surface area contributed by atoms with Crippen LogP contribution in [0.3, 0.4) is 0 Å². The molecule has 0 aliphatic rings. The van der Waals surface area contributed by atoms with Crippen LogP contribution in [0.25, 0.3) is 10.6 Å². The van der Waals surface area contributed by atoms with Crippen LogP contribution in [0, 0.1) is 0 Å². The first-order chi connectivity index (χ1) is 12.5. The van der Waals surface area contributed by atoms with Gasteiger partial charge in [0.15, 0.2) is 5.69 Å². The minimum Gasteiger partial charge on any atom is -0.427 e. The molecule has 0 saturated carbocycles. The van der Waals surface area contributed by atoms with Crippen LogP contribution < -0.4 is 10.2 Å². The van der Waals surface area contributed by atoms with E-state index in [1.54, 1.807) is 48.6 Å². The zero-order chi connectivity index (χ0) is 18.5. The highest BCUT2D eigenvalue weighted by molar-refractivity contribution is 7.13. The molecule has 1 aromatic carbocycles. The normalized spacial score (nSPS) is 11.2. The fraction of sp³-hybridized carbons (Fsp3) is 0.111. The molecule has 0 saturated heterocycles. The van der Waals surface area contributed by atoms with Gasteiger partial charge >= 0.3 is 5.97 Å². The number of ether oxygens (including phenoxy) is 1. The second-order valence-corrected chi connectivity index (χ2v) is 6.35. The van der Waals surface area contributed by atoms with Gasteiger partial charge in [-0.25, -0.2) is 5.43 Å². The van der Waals surface area contributed by atoms with Crippen LogP contribution >= 0.6 is 11.3 Å². The van der Waals surface area contributed by atoms with Crippen LogP contribution in [-0.2, 0) is 4.79 Å². The van der Waals surface area contributed by atoms with Crippen molar-refractivity contribution in [2.75, 3.05) is 0 Å². The number of carbonyl (C=O) groups is 2. The maximum absolute atomic E-state index is 12.2. The van der Waals surface area contributed by atoms with E-state index in [1.807, 2.05) is 17.5 Å². The molecule has 0 fully saturated rings. The number of nitrogens with zero attached hydrogens (tertiary/aromatic N) is 2. The first-order valence-corrected chi connectivity index (χ1v) is 8.63. The highest BCUT2D eigenvalue weighted by Crippen LogP contribution is 2.22. The van der Waals surface area contributed by atoms with E-state index in [1.165, 1.54) is 6.92 Å². The van der Waals surface area contributed by atoms with Gasteiger partial charge in [0, 0.05) is 6.92 Å². The Morgan fingerprint density at radius 2 is 1.96 bits per heavy atom.